The van der Waals surface area contributed by atoms with Gasteiger partial charge in [-0.1, -0.05) is 18.5 Å². The summed E-state index contributed by atoms with van der Waals surface area (Å²) in [6, 6.07) is 8.69. The Labute approximate surface area is 152 Å². The van der Waals surface area contributed by atoms with Gasteiger partial charge in [-0.3, -0.25) is 9.59 Å². The maximum Gasteiger partial charge on any atom is 0.251 e. The molecule has 1 heterocycles. The van der Waals surface area contributed by atoms with E-state index in [4.69, 9.17) is 11.6 Å². The normalized spacial score (nSPS) is 11.8. The van der Waals surface area contributed by atoms with Gasteiger partial charge in [0.1, 0.15) is 5.82 Å². The van der Waals surface area contributed by atoms with Gasteiger partial charge in [-0.2, -0.15) is 5.10 Å². The monoisotopic (exact) mass is 362 g/mol. The highest BCUT2D eigenvalue weighted by molar-refractivity contribution is 6.30. The number of hydrogen-bond acceptors (Lipinski definition) is 3. The lowest BCUT2D eigenvalue weighted by atomic mass is 10.2. The van der Waals surface area contributed by atoms with Crippen LogP contribution in [0.5, 0.6) is 0 Å². The number of halogens is 1. The van der Waals surface area contributed by atoms with Crippen molar-refractivity contribution in [2.45, 2.75) is 39.2 Å². The predicted molar refractivity (Wildman–Crippen MR) is 98.9 cm³/mol. The molecule has 25 heavy (non-hydrogen) atoms. The average Bonchev–Trinajstić information content (AvgIpc) is 3.06. The number of rotatable bonds is 8. The fraction of sp³-hybridized carbons (Fsp3) is 0.389. The zero-order valence-corrected chi connectivity index (χ0v) is 15.2. The van der Waals surface area contributed by atoms with Gasteiger partial charge in [0.2, 0.25) is 5.91 Å². The topological polar surface area (TPSA) is 76.0 Å². The van der Waals surface area contributed by atoms with E-state index in [-0.39, 0.29) is 17.9 Å². The van der Waals surface area contributed by atoms with Gasteiger partial charge in [0.15, 0.2) is 0 Å². The first-order valence-electron chi connectivity index (χ1n) is 8.38. The van der Waals surface area contributed by atoms with Gasteiger partial charge in [-0.05, 0) is 44.0 Å². The molecular formula is C18H23ClN4O2. The molecule has 2 N–H and O–H groups in total. The van der Waals surface area contributed by atoms with Crippen LogP contribution in [0.2, 0.25) is 5.02 Å². The molecule has 2 rings (SSSR count). The second-order valence-electron chi connectivity index (χ2n) is 5.83. The zero-order valence-electron chi connectivity index (χ0n) is 14.5. The van der Waals surface area contributed by atoms with E-state index in [0.29, 0.717) is 35.8 Å². The number of nitrogens with zero attached hydrogens (tertiary/aromatic N) is 2. The van der Waals surface area contributed by atoms with Crippen molar-refractivity contribution in [3.8, 4) is 0 Å². The molecule has 1 aromatic carbocycles. The summed E-state index contributed by atoms with van der Waals surface area (Å²) in [7, 11) is 0. The first kappa shape index (κ1) is 19.0. The standard InChI is InChI=1S/C18H23ClN4O2/c1-3-13(2)23-16(10-12-21-23)22-17(24)5-4-11-20-18(25)14-6-8-15(19)9-7-14/h6-10,12-13H,3-5,11H2,1-2H3,(H,20,25)(H,22,24)/t13-/m0/s1. The van der Waals surface area contributed by atoms with Crippen LogP contribution in [0.1, 0.15) is 49.5 Å². The number of nitrogens with one attached hydrogen (secondary N) is 2. The summed E-state index contributed by atoms with van der Waals surface area (Å²) < 4.78 is 1.81. The predicted octanol–water partition coefficient (Wildman–Crippen LogP) is 3.66. The van der Waals surface area contributed by atoms with Crippen molar-refractivity contribution in [3.05, 3.63) is 47.1 Å². The molecule has 1 atom stereocenters. The van der Waals surface area contributed by atoms with Crippen molar-refractivity contribution in [1.82, 2.24) is 15.1 Å². The molecule has 0 radical (unpaired) electrons. The molecule has 0 aliphatic heterocycles. The summed E-state index contributed by atoms with van der Waals surface area (Å²) in [5, 5.41) is 10.5. The number of benzene rings is 1. The van der Waals surface area contributed by atoms with Crippen molar-refractivity contribution >= 4 is 29.2 Å². The molecule has 0 spiro atoms. The van der Waals surface area contributed by atoms with Crippen LogP contribution in [0, 0.1) is 0 Å². The Hall–Kier alpha value is -2.34. The maximum atomic E-state index is 12.0. The molecule has 134 valence electrons. The third-order valence-corrected chi connectivity index (χ3v) is 4.17. The summed E-state index contributed by atoms with van der Waals surface area (Å²) in [5.41, 5.74) is 0.548. The summed E-state index contributed by atoms with van der Waals surface area (Å²) in [6.45, 7) is 4.55. The van der Waals surface area contributed by atoms with E-state index in [2.05, 4.69) is 29.6 Å². The van der Waals surface area contributed by atoms with E-state index in [1.54, 1.807) is 41.2 Å². The average molecular weight is 363 g/mol. The minimum Gasteiger partial charge on any atom is -0.352 e. The molecule has 0 saturated heterocycles. The highest BCUT2D eigenvalue weighted by Crippen LogP contribution is 2.16. The van der Waals surface area contributed by atoms with Crippen LogP contribution in [-0.2, 0) is 4.79 Å². The van der Waals surface area contributed by atoms with Gasteiger partial charge in [0, 0.05) is 29.6 Å². The third-order valence-electron chi connectivity index (χ3n) is 3.92. The summed E-state index contributed by atoms with van der Waals surface area (Å²) in [6.07, 6.45) is 3.49. The number of aromatic nitrogens is 2. The van der Waals surface area contributed by atoms with E-state index in [0.717, 1.165) is 6.42 Å². The summed E-state index contributed by atoms with van der Waals surface area (Å²) in [5.74, 6) is 0.433. The summed E-state index contributed by atoms with van der Waals surface area (Å²) in [4.78, 5) is 24.0. The summed E-state index contributed by atoms with van der Waals surface area (Å²) >= 11 is 5.79. The minimum absolute atomic E-state index is 0.0919. The second kappa shape index (κ2) is 9.22. The second-order valence-corrected chi connectivity index (χ2v) is 6.27. The molecule has 0 aliphatic rings. The molecule has 0 saturated carbocycles. The van der Waals surface area contributed by atoms with Crippen molar-refractivity contribution in [2.24, 2.45) is 0 Å². The maximum absolute atomic E-state index is 12.0. The first-order chi connectivity index (χ1) is 12.0. The fourth-order valence-corrected chi connectivity index (χ4v) is 2.42. The largest absolute Gasteiger partial charge is 0.352 e. The first-order valence-corrected chi connectivity index (χ1v) is 8.76. The van der Waals surface area contributed by atoms with Crippen LogP contribution in [0.3, 0.4) is 0 Å². The number of anilines is 1. The third kappa shape index (κ3) is 5.60. The Kier molecular flexibility index (Phi) is 7.01. The lowest BCUT2D eigenvalue weighted by Crippen LogP contribution is -2.25. The van der Waals surface area contributed by atoms with Crippen molar-refractivity contribution in [2.75, 3.05) is 11.9 Å². The van der Waals surface area contributed by atoms with Crippen LogP contribution >= 0.6 is 11.6 Å². The molecule has 2 aromatic rings. The highest BCUT2D eigenvalue weighted by atomic mass is 35.5. The van der Waals surface area contributed by atoms with Crippen molar-refractivity contribution < 1.29 is 9.59 Å². The molecule has 7 heteroatoms. The highest BCUT2D eigenvalue weighted by Gasteiger charge is 2.11. The Morgan fingerprint density at radius 2 is 1.96 bits per heavy atom. The van der Waals surface area contributed by atoms with Gasteiger partial charge in [-0.25, -0.2) is 4.68 Å². The molecule has 0 fully saturated rings. The SMILES string of the molecule is CC[C@H](C)n1nccc1NC(=O)CCCNC(=O)c1ccc(Cl)cc1. The fourth-order valence-electron chi connectivity index (χ4n) is 2.30. The molecule has 0 bridgehead atoms. The lowest BCUT2D eigenvalue weighted by Gasteiger charge is -2.14. The number of carbonyl (C=O) groups excluding carboxylic acids is 2. The van der Waals surface area contributed by atoms with E-state index < -0.39 is 0 Å². The lowest BCUT2D eigenvalue weighted by molar-refractivity contribution is -0.116. The molecular weight excluding hydrogens is 340 g/mol. The van der Waals surface area contributed by atoms with Crippen LogP contribution in [-0.4, -0.2) is 28.1 Å². The van der Waals surface area contributed by atoms with Crippen LogP contribution in [0.4, 0.5) is 5.82 Å². The number of amides is 2. The van der Waals surface area contributed by atoms with Gasteiger partial charge >= 0.3 is 0 Å². The van der Waals surface area contributed by atoms with Crippen molar-refractivity contribution in [1.29, 1.82) is 0 Å². The Morgan fingerprint density at radius 1 is 1.24 bits per heavy atom. The van der Waals surface area contributed by atoms with E-state index >= 15 is 0 Å². The number of carbonyl (C=O) groups is 2. The Morgan fingerprint density at radius 3 is 2.64 bits per heavy atom. The molecule has 2 amide bonds. The van der Waals surface area contributed by atoms with Gasteiger partial charge in [0.05, 0.1) is 12.2 Å². The van der Waals surface area contributed by atoms with Gasteiger partial charge in [-0.15, -0.1) is 0 Å². The number of hydrogen-bond donors (Lipinski definition) is 2. The van der Waals surface area contributed by atoms with Gasteiger partial charge < -0.3 is 10.6 Å². The molecule has 6 nitrogen and oxygen atoms in total. The quantitative estimate of drug-likeness (QED) is 0.703. The molecule has 0 unspecified atom stereocenters. The minimum atomic E-state index is -0.174. The molecule has 0 aliphatic carbocycles. The van der Waals surface area contributed by atoms with E-state index in [1.807, 2.05) is 0 Å². The van der Waals surface area contributed by atoms with Crippen LogP contribution < -0.4 is 10.6 Å². The molecule has 1 aromatic heterocycles. The van der Waals surface area contributed by atoms with Crippen LogP contribution in [0.25, 0.3) is 0 Å². The van der Waals surface area contributed by atoms with E-state index in [9.17, 15) is 9.59 Å². The Balaban J connectivity index is 1.73. The Bertz CT molecular complexity index is 712. The van der Waals surface area contributed by atoms with E-state index in [1.165, 1.54) is 0 Å². The van der Waals surface area contributed by atoms with Crippen LogP contribution in [0.15, 0.2) is 36.5 Å². The van der Waals surface area contributed by atoms with Gasteiger partial charge in [0.25, 0.3) is 5.91 Å². The zero-order chi connectivity index (χ0) is 18.2. The van der Waals surface area contributed by atoms with Crippen molar-refractivity contribution in [3.63, 3.8) is 0 Å². The smallest absolute Gasteiger partial charge is 0.251 e.